The Kier molecular flexibility index (Phi) is 2.90. The Morgan fingerprint density at radius 1 is 1.36 bits per heavy atom. The van der Waals surface area contributed by atoms with Crippen molar-refractivity contribution >= 4 is 5.84 Å². The molecule has 0 aromatic rings. The van der Waals surface area contributed by atoms with E-state index in [-0.39, 0.29) is 6.04 Å². The third kappa shape index (κ3) is 2.78. The first-order chi connectivity index (χ1) is 4.76. The van der Waals surface area contributed by atoms with Gasteiger partial charge in [0.15, 0.2) is 0 Å². The molecule has 0 bridgehead atoms. The molecule has 0 aromatic heterocycles. The van der Waals surface area contributed by atoms with Gasteiger partial charge < -0.3 is 4.90 Å². The Hall–Kier alpha value is -0.740. The van der Waals surface area contributed by atoms with Crippen LogP contribution in [-0.2, 0) is 0 Å². The van der Waals surface area contributed by atoms with Crippen LogP contribution in [-0.4, -0.2) is 30.0 Å². The molecule has 0 rings (SSSR count). The minimum absolute atomic E-state index is 0.302. The van der Waals surface area contributed by atoms with Crippen molar-refractivity contribution in [2.45, 2.75) is 26.1 Å². The second kappa shape index (κ2) is 3.11. The van der Waals surface area contributed by atoms with Gasteiger partial charge in [0.05, 0.1) is 0 Å². The molecule has 5 heteroatoms. The first-order valence-electron chi connectivity index (χ1n) is 3.15. The zero-order valence-corrected chi connectivity index (χ0v) is 6.66. The van der Waals surface area contributed by atoms with Crippen molar-refractivity contribution in [1.82, 2.24) is 4.90 Å². The topological polar surface area (TPSA) is 27.1 Å². The van der Waals surface area contributed by atoms with E-state index < -0.39 is 12.0 Å². The minimum Gasteiger partial charge on any atom is -0.354 e. The van der Waals surface area contributed by atoms with E-state index in [9.17, 15) is 13.2 Å². The highest BCUT2D eigenvalue weighted by Gasteiger charge is 2.37. The lowest BCUT2D eigenvalue weighted by Gasteiger charge is -2.25. The van der Waals surface area contributed by atoms with Crippen LogP contribution in [0.4, 0.5) is 13.2 Å². The first-order valence-corrected chi connectivity index (χ1v) is 3.15. The lowest BCUT2D eigenvalue weighted by atomic mass is 10.3. The normalized spacial score (nSPS) is 11.9. The van der Waals surface area contributed by atoms with E-state index in [1.165, 1.54) is 7.05 Å². The summed E-state index contributed by atoms with van der Waals surface area (Å²) in [5, 5.41) is 6.68. The molecule has 0 aromatic carbocycles. The Balaban J connectivity index is 4.26. The summed E-state index contributed by atoms with van der Waals surface area (Å²) in [6, 6.07) is -0.302. The summed E-state index contributed by atoms with van der Waals surface area (Å²) in [6.07, 6.45) is -4.53. The van der Waals surface area contributed by atoms with Gasteiger partial charge in [0.2, 0.25) is 5.84 Å². The number of nitrogens with one attached hydrogen (secondary N) is 1. The van der Waals surface area contributed by atoms with E-state index >= 15 is 0 Å². The molecule has 0 aliphatic carbocycles. The van der Waals surface area contributed by atoms with Crippen molar-refractivity contribution in [2.24, 2.45) is 0 Å². The fourth-order valence-electron chi connectivity index (χ4n) is 0.458. The van der Waals surface area contributed by atoms with E-state index in [2.05, 4.69) is 0 Å². The van der Waals surface area contributed by atoms with Crippen LogP contribution in [0.15, 0.2) is 0 Å². The molecule has 0 fully saturated rings. The van der Waals surface area contributed by atoms with Crippen molar-refractivity contribution in [3.63, 3.8) is 0 Å². The number of hydrogen-bond donors (Lipinski definition) is 1. The van der Waals surface area contributed by atoms with Gasteiger partial charge in [0.25, 0.3) is 0 Å². The van der Waals surface area contributed by atoms with Crippen LogP contribution in [0.25, 0.3) is 0 Å². The largest absolute Gasteiger partial charge is 0.448 e. The zero-order chi connectivity index (χ0) is 9.23. The van der Waals surface area contributed by atoms with Crippen molar-refractivity contribution in [3.05, 3.63) is 0 Å². The second-order valence-electron chi connectivity index (χ2n) is 2.55. The van der Waals surface area contributed by atoms with Crippen LogP contribution in [0.5, 0.6) is 0 Å². The summed E-state index contributed by atoms with van der Waals surface area (Å²) in [6.45, 7) is 3.20. The predicted molar refractivity (Wildman–Crippen MR) is 36.7 cm³/mol. The van der Waals surface area contributed by atoms with E-state index in [1.54, 1.807) is 13.8 Å². The average molecular weight is 168 g/mol. The average Bonchev–Trinajstić information content (AvgIpc) is 1.82. The zero-order valence-electron chi connectivity index (χ0n) is 6.66. The molecule has 0 atom stereocenters. The van der Waals surface area contributed by atoms with Crippen molar-refractivity contribution in [2.75, 3.05) is 7.05 Å². The molecule has 0 saturated heterocycles. The van der Waals surface area contributed by atoms with E-state index in [0.29, 0.717) is 0 Å². The fourth-order valence-corrected chi connectivity index (χ4v) is 0.458. The standard InChI is InChI=1S/C6H11F3N2/c1-4(2)11(3)5(10)6(7,8)9/h4,10H,1-3H3. The molecule has 0 spiro atoms. The second-order valence-corrected chi connectivity index (χ2v) is 2.55. The maximum Gasteiger partial charge on any atom is 0.448 e. The van der Waals surface area contributed by atoms with Crippen molar-refractivity contribution < 1.29 is 13.2 Å². The number of rotatable bonds is 1. The van der Waals surface area contributed by atoms with Gasteiger partial charge in [-0.25, -0.2) is 0 Å². The highest BCUT2D eigenvalue weighted by molar-refractivity contribution is 5.84. The molecule has 0 aliphatic rings. The van der Waals surface area contributed by atoms with Crippen LogP contribution in [0.2, 0.25) is 0 Å². The fraction of sp³-hybridized carbons (Fsp3) is 0.833. The Labute approximate surface area is 63.5 Å². The maximum absolute atomic E-state index is 11.8. The van der Waals surface area contributed by atoms with E-state index in [0.717, 1.165) is 4.90 Å². The van der Waals surface area contributed by atoms with Gasteiger partial charge in [-0.2, -0.15) is 13.2 Å². The third-order valence-corrected chi connectivity index (χ3v) is 1.40. The lowest BCUT2D eigenvalue weighted by molar-refractivity contribution is -0.0699. The molecule has 0 amide bonds. The van der Waals surface area contributed by atoms with E-state index in [1.807, 2.05) is 0 Å². The van der Waals surface area contributed by atoms with Crippen LogP contribution in [0.1, 0.15) is 13.8 Å². The van der Waals surface area contributed by atoms with Crippen LogP contribution in [0, 0.1) is 5.41 Å². The van der Waals surface area contributed by atoms with Gasteiger partial charge >= 0.3 is 6.18 Å². The van der Waals surface area contributed by atoms with Gasteiger partial charge in [0.1, 0.15) is 0 Å². The van der Waals surface area contributed by atoms with Gasteiger partial charge in [-0.05, 0) is 13.8 Å². The third-order valence-electron chi connectivity index (χ3n) is 1.40. The molecule has 66 valence electrons. The highest BCUT2D eigenvalue weighted by Crippen LogP contribution is 2.18. The summed E-state index contributed by atoms with van der Waals surface area (Å²) in [5.41, 5.74) is 0. The van der Waals surface area contributed by atoms with E-state index in [4.69, 9.17) is 5.41 Å². The van der Waals surface area contributed by atoms with Crippen LogP contribution < -0.4 is 0 Å². The highest BCUT2D eigenvalue weighted by atomic mass is 19.4. The quantitative estimate of drug-likeness (QED) is 0.469. The molecular weight excluding hydrogens is 157 g/mol. The van der Waals surface area contributed by atoms with Crippen LogP contribution in [0.3, 0.4) is 0 Å². The number of hydrogen-bond acceptors (Lipinski definition) is 1. The van der Waals surface area contributed by atoms with Crippen LogP contribution >= 0.6 is 0 Å². The van der Waals surface area contributed by atoms with Crippen molar-refractivity contribution in [3.8, 4) is 0 Å². The molecule has 0 aliphatic heterocycles. The molecule has 2 nitrogen and oxygen atoms in total. The lowest BCUT2D eigenvalue weighted by Crippen LogP contribution is -2.41. The van der Waals surface area contributed by atoms with Gasteiger partial charge in [-0.3, -0.25) is 5.41 Å². The molecular formula is C6H11F3N2. The van der Waals surface area contributed by atoms with Gasteiger partial charge in [-0.15, -0.1) is 0 Å². The molecule has 0 saturated carbocycles. The minimum atomic E-state index is -4.53. The van der Waals surface area contributed by atoms with Crippen molar-refractivity contribution in [1.29, 1.82) is 5.41 Å². The Bertz CT molecular complexity index is 150. The molecule has 0 unspecified atom stereocenters. The maximum atomic E-state index is 11.8. The summed E-state index contributed by atoms with van der Waals surface area (Å²) >= 11 is 0. The molecule has 11 heavy (non-hydrogen) atoms. The monoisotopic (exact) mass is 168 g/mol. The first kappa shape index (κ1) is 10.3. The van der Waals surface area contributed by atoms with Gasteiger partial charge in [0, 0.05) is 13.1 Å². The Morgan fingerprint density at radius 2 is 1.73 bits per heavy atom. The summed E-state index contributed by atoms with van der Waals surface area (Å²) in [7, 11) is 1.25. The van der Waals surface area contributed by atoms with Gasteiger partial charge in [-0.1, -0.05) is 0 Å². The number of alkyl halides is 3. The number of amidine groups is 1. The summed E-state index contributed by atoms with van der Waals surface area (Å²) in [5.74, 6) is -1.30. The molecule has 1 N–H and O–H groups in total. The molecule has 0 radical (unpaired) electrons. The molecule has 0 heterocycles. The SMILES string of the molecule is CC(C)N(C)C(=N)C(F)(F)F. The Morgan fingerprint density at radius 3 is 1.82 bits per heavy atom. The number of halogens is 3. The summed E-state index contributed by atoms with van der Waals surface area (Å²) in [4.78, 5) is 0.875. The summed E-state index contributed by atoms with van der Waals surface area (Å²) < 4.78 is 35.4. The number of nitrogens with zero attached hydrogens (tertiary/aromatic N) is 1. The smallest absolute Gasteiger partial charge is 0.354 e. The predicted octanol–water partition coefficient (Wildman–Crippen LogP) is 1.87.